The van der Waals surface area contributed by atoms with E-state index in [0.717, 1.165) is 25.1 Å². The largest absolute Gasteiger partial charge is 0.324 e. The van der Waals surface area contributed by atoms with Crippen LogP contribution in [0.25, 0.3) is 5.95 Å². The summed E-state index contributed by atoms with van der Waals surface area (Å²) in [5, 5.41) is 14.1. The molecular formula is C16H18N8O. The van der Waals surface area contributed by atoms with Crippen molar-refractivity contribution < 1.29 is 4.79 Å². The molecule has 3 aromatic rings. The van der Waals surface area contributed by atoms with Gasteiger partial charge in [0.2, 0.25) is 5.95 Å². The Labute approximate surface area is 144 Å². The third-order valence-corrected chi connectivity index (χ3v) is 4.26. The number of hydrogen-bond donors (Lipinski definition) is 2. The third-order valence-electron chi connectivity index (χ3n) is 4.26. The summed E-state index contributed by atoms with van der Waals surface area (Å²) in [6.45, 7) is 1.41. The molecule has 2 N–H and O–H groups in total. The van der Waals surface area contributed by atoms with E-state index in [0.29, 0.717) is 24.1 Å². The molecule has 1 fully saturated rings. The zero-order valence-corrected chi connectivity index (χ0v) is 13.5. The molecule has 1 aliphatic rings. The highest BCUT2D eigenvalue weighted by atomic mass is 16.2. The van der Waals surface area contributed by atoms with Gasteiger partial charge in [-0.1, -0.05) is 0 Å². The summed E-state index contributed by atoms with van der Waals surface area (Å²) in [7, 11) is 0. The Morgan fingerprint density at radius 1 is 1.28 bits per heavy atom. The van der Waals surface area contributed by atoms with Crippen molar-refractivity contribution in [3.05, 3.63) is 48.8 Å². The second kappa shape index (κ2) is 6.71. The van der Waals surface area contributed by atoms with Gasteiger partial charge in [-0.25, -0.2) is 19.4 Å². The van der Waals surface area contributed by atoms with Crippen LogP contribution in [0, 0.1) is 0 Å². The fourth-order valence-electron chi connectivity index (χ4n) is 3.02. The molecule has 0 bridgehead atoms. The molecule has 1 saturated heterocycles. The summed E-state index contributed by atoms with van der Waals surface area (Å²) in [6, 6.07) is 3.58. The van der Waals surface area contributed by atoms with Crippen LogP contribution < -0.4 is 5.32 Å². The van der Waals surface area contributed by atoms with E-state index in [2.05, 4.69) is 30.6 Å². The quantitative estimate of drug-likeness (QED) is 0.757. The van der Waals surface area contributed by atoms with Crippen LogP contribution >= 0.6 is 0 Å². The zero-order valence-electron chi connectivity index (χ0n) is 13.5. The van der Waals surface area contributed by atoms with E-state index in [4.69, 9.17) is 0 Å². The van der Waals surface area contributed by atoms with Crippen LogP contribution in [0.15, 0.2) is 43.1 Å². The average molecular weight is 338 g/mol. The Morgan fingerprint density at radius 2 is 2.16 bits per heavy atom. The predicted molar refractivity (Wildman–Crippen MR) is 90.3 cm³/mol. The SMILES string of the molecule is O=C(Nc1cnn(-c2ncccn2)c1)N1CCCC(c2ccn[nH]2)C1. The van der Waals surface area contributed by atoms with Gasteiger partial charge in [-0.05, 0) is 25.0 Å². The zero-order chi connectivity index (χ0) is 17.1. The fraction of sp³-hybridized carbons (Fsp3) is 0.312. The number of nitrogens with one attached hydrogen (secondary N) is 2. The first-order valence-electron chi connectivity index (χ1n) is 8.17. The number of likely N-dealkylation sites (tertiary alicyclic amines) is 1. The van der Waals surface area contributed by atoms with E-state index in [1.165, 1.54) is 4.68 Å². The summed E-state index contributed by atoms with van der Waals surface area (Å²) in [4.78, 5) is 22.6. The lowest BCUT2D eigenvalue weighted by molar-refractivity contribution is 0.192. The highest BCUT2D eigenvalue weighted by Crippen LogP contribution is 2.25. The number of aromatic nitrogens is 6. The highest BCUT2D eigenvalue weighted by molar-refractivity contribution is 5.89. The van der Waals surface area contributed by atoms with Crippen molar-refractivity contribution in [1.82, 2.24) is 34.8 Å². The minimum atomic E-state index is -0.127. The Morgan fingerprint density at radius 3 is 2.96 bits per heavy atom. The number of aromatic amines is 1. The summed E-state index contributed by atoms with van der Waals surface area (Å²) < 4.78 is 1.53. The van der Waals surface area contributed by atoms with Crippen LogP contribution in [0.2, 0.25) is 0 Å². The smallest absolute Gasteiger partial charge is 0.321 e. The van der Waals surface area contributed by atoms with Gasteiger partial charge in [-0.2, -0.15) is 10.2 Å². The number of carbonyl (C=O) groups is 1. The number of piperidine rings is 1. The van der Waals surface area contributed by atoms with Gasteiger partial charge in [0.1, 0.15) is 0 Å². The van der Waals surface area contributed by atoms with Crippen molar-refractivity contribution in [1.29, 1.82) is 0 Å². The van der Waals surface area contributed by atoms with Crippen molar-refractivity contribution >= 4 is 11.7 Å². The first kappa shape index (κ1) is 15.3. The molecule has 1 unspecified atom stereocenters. The van der Waals surface area contributed by atoms with Gasteiger partial charge in [-0.3, -0.25) is 5.10 Å². The van der Waals surface area contributed by atoms with Crippen LogP contribution in [0.1, 0.15) is 24.5 Å². The van der Waals surface area contributed by atoms with Gasteiger partial charge in [0.05, 0.1) is 18.1 Å². The second-order valence-electron chi connectivity index (χ2n) is 5.95. The Bertz CT molecular complexity index is 829. The van der Waals surface area contributed by atoms with Crippen molar-refractivity contribution in [2.45, 2.75) is 18.8 Å². The maximum atomic E-state index is 12.5. The molecule has 0 aliphatic carbocycles. The monoisotopic (exact) mass is 338 g/mol. The number of rotatable bonds is 3. The van der Waals surface area contributed by atoms with Crippen molar-refractivity contribution in [3.63, 3.8) is 0 Å². The molecule has 0 aromatic carbocycles. The van der Waals surface area contributed by atoms with Gasteiger partial charge in [0, 0.05) is 43.3 Å². The van der Waals surface area contributed by atoms with Crippen LogP contribution in [0.3, 0.4) is 0 Å². The third kappa shape index (κ3) is 3.35. The number of hydrogen-bond acceptors (Lipinski definition) is 5. The summed E-state index contributed by atoms with van der Waals surface area (Å²) in [5.41, 5.74) is 1.69. The molecule has 2 amide bonds. The molecule has 9 nitrogen and oxygen atoms in total. The van der Waals surface area contributed by atoms with Crippen molar-refractivity contribution in [3.8, 4) is 5.95 Å². The van der Waals surface area contributed by atoms with Gasteiger partial charge in [0.25, 0.3) is 0 Å². The number of H-pyrrole nitrogens is 1. The molecular weight excluding hydrogens is 320 g/mol. The number of amides is 2. The average Bonchev–Trinajstić information content (AvgIpc) is 3.35. The van der Waals surface area contributed by atoms with Crippen LogP contribution in [0.4, 0.5) is 10.5 Å². The Hall–Kier alpha value is -3.23. The van der Waals surface area contributed by atoms with Gasteiger partial charge in [0.15, 0.2) is 0 Å². The first-order valence-corrected chi connectivity index (χ1v) is 8.17. The fourth-order valence-corrected chi connectivity index (χ4v) is 3.02. The van der Waals surface area contributed by atoms with Gasteiger partial charge >= 0.3 is 6.03 Å². The van der Waals surface area contributed by atoms with E-state index < -0.39 is 0 Å². The maximum Gasteiger partial charge on any atom is 0.321 e. The molecule has 0 radical (unpaired) electrons. The topological polar surface area (TPSA) is 105 Å². The molecule has 9 heteroatoms. The van der Waals surface area contributed by atoms with E-state index in [-0.39, 0.29) is 6.03 Å². The summed E-state index contributed by atoms with van der Waals surface area (Å²) >= 11 is 0. The van der Waals surface area contributed by atoms with Crippen molar-refractivity contribution in [2.75, 3.05) is 18.4 Å². The second-order valence-corrected chi connectivity index (χ2v) is 5.95. The molecule has 3 aromatic heterocycles. The van der Waals surface area contributed by atoms with Gasteiger partial charge in [-0.15, -0.1) is 0 Å². The van der Waals surface area contributed by atoms with E-state index in [1.807, 2.05) is 11.0 Å². The van der Waals surface area contributed by atoms with E-state index in [1.54, 1.807) is 37.1 Å². The van der Waals surface area contributed by atoms with E-state index in [9.17, 15) is 4.79 Å². The molecule has 1 aliphatic heterocycles. The minimum Gasteiger partial charge on any atom is -0.324 e. The summed E-state index contributed by atoms with van der Waals surface area (Å²) in [6.07, 6.45) is 10.3. The number of anilines is 1. The predicted octanol–water partition coefficient (Wildman–Crippen LogP) is 1.80. The maximum absolute atomic E-state index is 12.5. The number of carbonyl (C=O) groups excluding carboxylic acids is 1. The lowest BCUT2D eigenvalue weighted by Gasteiger charge is -2.32. The number of urea groups is 1. The molecule has 25 heavy (non-hydrogen) atoms. The van der Waals surface area contributed by atoms with E-state index >= 15 is 0 Å². The molecule has 1 atom stereocenters. The molecule has 0 saturated carbocycles. The molecule has 0 spiro atoms. The van der Waals surface area contributed by atoms with Crippen LogP contribution in [0.5, 0.6) is 0 Å². The van der Waals surface area contributed by atoms with Crippen molar-refractivity contribution in [2.24, 2.45) is 0 Å². The lowest BCUT2D eigenvalue weighted by Crippen LogP contribution is -2.41. The first-order chi connectivity index (χ1) is 12.3. The summed E-state index contributed by atoms with van der Waals surface area (Å²) in [5.74, 6) is 0.753. The van der Waals surface area contributed by atoms with Crippen LogP contribution in [-0.4, -0.2) is 54.0 Å². The van der Waals surface area contributed by atoms with Gasteiger partial charge < -0.3 is 10.2 Å². The minimum absolute atomic E-state index is 0.127. The Kier molecular flexibility index (Phi) is 4.11. The van der Waals surface area contributed by atoms with Crippen LogP contribution in [-0.2, 0) is 0 Å². The molecule has 128 valence electrons. The molecule has 4 rings (SSSR count). The molecule has 4 heterocycles. The highest BCUT2D eigenvalue weighted by Gasteiger charge is 2.25. The number of nitrogens with zero attached hydrogens (tertiary/aromatic N) is 6. The normalized spacial score (nSPS) is 17.4. The lowest BCUT2D eigenvalue weighted by atomic mass is 9.95. The standard InChI is InChI=1S/C16H18N8O/c25-16(23-8-1-3-12(10-23)14-4-7-19-22-14)21-13-9-20-24(11-13)15-17-5-2-6-18-15/h2,4-7,9,11-12H,1,3,8,10H2,(H,19,22)(H,21,25). The Balaban J connectivity index is 1.41.